The number of aliphatic hydroxyl groups is 1. The van der Waals surface area contributed by atoms with Crippen molar-refractivity contribution < 1.29 is 43.2 Å². The average Bonchev–Trinajstić information content (AvgIpc) is 3.33. The van der Waals surface area contributed by atoms with Crippen LogP contribution in [-0.2, 0) is 25.5 Å². The Kier molecular flexibility index (Phi) is 6.55. The minimum Gasteiger partial charge on any atom is -0.479 e. The van der Waals surface area contributed by atoms with Crippen molar-refractivity contribution in [3.05, 3.63) is 47.3 Å². The van der Waals surface area contributed by atoms with Crippen molar-refractivity contribution in [1.82, 2.24) is 19.5 Å². The number of aromatic nitrogens is 4. The standard InChI is InChI=1S/C20H18ClF2N5O7/c21-19-26-14(24)12-15(27-19)28(7-25-12)16-11(23)13(29)10(35-16)6-34-20(17(30)31,18(32)33)5-8-3-1-2-4-9(8)22/h1-4,7,10-11,13,16,29H,5-6H2,(H,30,31)(H,32,33)(H2,24,26,27)/t10-,11+,13-,16-/m1/s1. The third kappa shape index (κ3) is 4.36. The molecule has 1 saturated heterocycles. The average molecular weight is 514 g/mol. The van der Waals surface area contributed by atoms with Crippen LogP contribution in [0.25, 0.3) is 11.2 Å². The molecule has 1 aliphatic rings. The number of nitrogens with zero attached hydrogens (tertiary/aromatic N) is 4. The van der Waals surface area contributed by atoms with Crippen LogP contribution in [0.15, 0.2) is 30.6 Å². The Labute approximate surface area is 199 Å². The fourth-order valence-corrected chi connectivity index (χ4v) is 3.88. The molecule has 1 aliphatic heterocycles. The molecule has 35 heavy (non-hydrogen) atoms. The molecule has 1 fully saturated rings. The number of carbonyl (C=O) groups is 2. The molecular formula is C20H18ClF2N5O7. The number of ether oxygens (including phenoxy) is 2. The number of carboxylic acids is 2. The van der Waals surface area contributed by atoms with E-state index in [4.69, 9.17) is 26.8 Å². The number of aliphatic carboxylic acids is 2. The normalized spacial score (nSPS) is 22.5. The SMILES string of the molecule is Nc1nc(Cl)nc2c1ncn2[C@@H]1O[C@H](COC(Cc2ccccc2F)(C(=O)O)C(=O)O)[C@@H](O)[C@@H]1F. The zero-order valence-electron chi connectivity index (χ0n) is 17.6. The third-order valence-corrected chi connectivity index (χ3v) is 5.74. The van der Waals surface area contributed by atoms with E-state index >= 15 is 0 Å². The van der Waals surface area contributed by atoms with Crippen molar-refractivity contribution in [3.8, 4) is 0 Å². The molecule has 5 N–H and O–H groups in total. The maximum atomic E-state index is 15.0. The first-order valence-electron chi connectivity index (χ1n) is 10.0. The van der Waals surface area contributed by atoms with Crippen molar-refractivity contribution in [3.63, 3.8) is 0 Å². The lowest BCUT2D eigenvalue weighted by Gasteiger charge is -2.27. The molecule has 1 aromatic carbocycles. The number of nitrogens with two attached hydrogens (primary N) is 1. The van der Waals surface area contributed by atoms with Crippen molar-refractivity contribution in [2.45, 2.75) is 36.6 Å². The fraction of sp³-hybridized carbons (Fsp3) is 0.350. The van der Waals surface area contributed by atoms with Crippen LogP contribution in [0, 0.1) is 5.82 Å². The van der Waals surface area contributed by atoms with Gasteiger partial charge in [0.25, 0.3) is 5.60 Å². The number of nitrogen functional groups attached to an aromatic ring is 1. The highest BCUT2D eigenvalue weighted by Gasteiger charge is 2.52. The molecule has 0 radical (unpaired) electrons. The van der Waals surface area contributed by atoms with Gasteiger partial charge in [-0.1, -0.05) is 18.2 Å². The van der Waals surface area contributed by atoms with Crippen LogP contribution in [0.5, 0.6) is 0 Å². The molecule has 15 heteroatoms. The molecule has 3 heterocycles. The maximum Gasteiger partial charge on any atom is 0.348 e. The predicted molar refractivity (Wildman–Crippen MR) is 114 cm³/mol. The number of hydrogen-bond acceptors (Lipinski definition) is 9. The predicted octanol–water partition coefficient (Wildman–Crippen LogP) is 0.965. The van der Waals surface area contributed by atoms with Gasteiger partial charge in [-0.15, -0.1) is 0 Å². The molecule has 3 aromatic rings. The summed E-state index contributed by atoms with van der Waals surface area (Å²) in [6, 6.07) is 4.98. The number of hydrogen-bond donors (Lipinski definition) is 4. The van der Waals surface area contributed by atoms with E-state index in [0.717, 1.165) is 17.0 Å². The molecule has 12 nitrogen and oxygen atoms in total. The Bertz CT molecular complexity index is 1280. The van der Waals surface area contributed by atoms with E-state index < -0.39 is 61.0 Å². The van der Waals surface area contributed by atoms with E-state index in [1.165, 1.54) is 18.2 Å². The zero-order valence-corrected chi connectivity index (χ0v) is 18.3. The molecule has 0 aliphatic carbocycles. The van der Waals surface area contributed by atoms with Crippen LogP contribution in [0.3, 0.4) is 0 Å². The first-order chi connectivity index (χ1) is 16.5. The van der Waals surface area contributed by atoms with Crippen LogP contribution in [0.1, 0.15) is 11.8 Å². The Morgan fingerprint density at radius 2 is 1.94 bits per heavy atom. The molecule has 4 rings (SSSR count). The van der Waals surface area contributed by atoms with E-state index in [2.05, 4.69) is 15.0 Å². The Balaban J connectivity index is 1.58. The van der Waals surface area contributed by atoms with Crippen molar-refractivity contribution >= 4 is 40.5 Å². The molecule has 0 bridgehead atoms. The summed E-state index contributed by atoms with van der Waals surface area (Å²) in [4.78, 5) is 35.5. The first-order valence-corrected chi connectivity index (χ1v) is 10.4. The van der Waals surface area contributed by atoms with E-state index in [9.17, 15) is 33.7 Å². The molecule has 0 spiro atoms. The largest absolute Gasteiger partial charge is 0.479 e. The summed E-state index contributed by atoms with van der Waals surface area (Å²) in [6.07, 6.45) is -6.68. The second kappa shape index (κ2) is 9.30. The minimum absolute atomic E-state index is 0.00823. The monoisotopic (exact) mass is 513 g/mol. The van der Waals surface area contributed by atoms with Crippen LogP contribution < -0.4 is 5.73 Å². The van der Waals surface area contributed by atoms with Gasteiger partial charge in [-0.3, -0.25) is 4.57 Å². The zero-order chi connectivity index (χ0) is 25.5. The second-order valence-corrected chi connectivity index (χ2v) is 8.06. The second-order valence-electron chi connectivity index (χ2n) is 7.72. The lowest BCUT2D eigenvalue weighted by atomic mass is 9.93. The molecule has 2 aromatic heterocycles. The molecule has 0 unspecified atom stereocenters. The van der Waals surface area contributed by atoms with E-state index in [1.807, 2.05) is 0 Å². The first kappa shape index (κ1) is 24.7. The molecule has 0 saturated carbocycles. The summed E-state index contributed by atoms with van der Waals surface area (Å²) < 4.78 is 40.9. The molecule has 0 amide bonds. The molecular weight excluding hydrogens is 496 g/mol. The van der Waals surface area contributed by atoms with Gasteiger partial charge in [-0.2, -0.15) is 9.97 Å². The topological polar surface area (TPSA) is 183 Å². The van der Waals surface area contributed by atoms with Gasteiger partial charge in [-0.05, 0) is 23.2 Å². The van der Waals surface area contributed by atoms with Crippen LogP contribution >= 0.6 is 11.6 Å². The molecule has 4 atom stereocenters. The van der Waals surface area contributed by atoms with Crippen LogP contribution in [0.2, 0.25) is 5.28 Å². The Morgan fingerprint density at radius 1 is 1.26 bits per heavy atom. The number of fused-ring (bicyclic) bond motifs is 1. The maximum absolute atomic E-state index is 15.0. The fourth-order valence-electron chi connectivity index (χ4n) is 3.71. The number of benzene rings is 1. The van der Waals surface area contributed by atoms with Gasteiger partial charge in [0.1, 0.15) is 23.5 Å². The van der Waals surface area contributed by atoms with Gasteiger partial charge in [0, 0.05) is 6.42 Å². The van der Waals surface area contributed by atoms with E-state index in [0.29, 0.717) is 0 Å². The highest BCUT2D eigenvalue weighted by molar-refractivity contribution is 6.28. The van der Waals surface area contributed by atoms with Crippen molar-refractivity contribution in [2.24, 2.45) is 0 Å². The number of aliphatic hydroxyl groups excluding tert-OH is 1. The Hall–Kier alpha value is -3.46. The van der Waals surface area contributed by atoms with Gasteiger partial charge in [-0.25, -0.2) is 23.4 Å². The van der Waals surface area contributed by atoms with Crippen molar-refractivity contribution in [2.75, 3.05) is 12.3 Å². The number of alkyl halides is 1. The quantitative estimate of drug-likeness (QED) is 0.248. The van der Waals surface area contributed by atoms with Gasteiger partial charge >= 0.3 is 11.9 Å². The number of rotatable bonds is 8. The van der Waals surface area contributed by atoms with Crippen LogP contribution in [0.4, 0.5) is 14.6 Å². The summed E-state index contributed by atoms with van der Waals surface area (Å²) in [5.74, 6) is -4.75. The van der Waals surface area contributed by atoms with Gasteiger partial charge < -0.3 is 30.5 Å². The summed E-state index contributed by atoms with van der Waals surface area (Å²) in [5.41, 5.74) is 2.67. The van der Waals surface area contributed by atoms with E-state index in [-0.39, 0.29) is 27.8 Å². The highest BCUT2D eigenvalue weighted by atomic mass is 35.5. The summed E-state index contributed by atoms with van der Waals surface area (Å²) in [5, 5.41) is 29.4. The Morgan fingerprint density at radius 3 is 2.60 bits per heavy atom. The number of anilines is 1. The number of halogens is 3. The van der Waals surface area contributed by atoms with E-state index in [1.54, 1.807) is 0 Å². The third-order valence-electron chi connectivity index (χ3n) is 5.57. The number of imidazole rings is 1. The van der Waals surface area contributed by atoms with Crippen LogP contribution in [-0.4, -0.2) is 77.4 Å². The van der Waals surface area contributed by atoms with Gasteiger partial charge in [0.2, 0.25) is 5.28 Å². The number of carboxylic acid groups (broad SMARTS) is 2. The van der Waals surface area contributed by atoms with Gasteiger partial charge in [0.15, 0.2) is 23.9 Å². The highest BCUT2D eigenvalue weighted by Crippen LogP contribution is 2.35. The van der Waals surface area contributed by atoms with Crippen molar-refractivity contribution in [1.29, 1.82) is 0 Å². The lowest BCUT2D eigenvalue weighted by Crippen LogP contribution is -2.53. The summed E-state index contributed by atoms with van der Waals surface area (Å²) in [6.45, 7) is -0.852. The summed E-state index contributed by atoms with van der Waals surface area (Å²) in [7, 11) is 0. The smallest absolute Gasteiger partial charge is 0.348 e. The lowest BCUT2D eigenvalue weighted by molar-refractivity contribution is -0.190. The van der Waals surface area contributed by atoms with Gasteiger partial charge in [0.05, 0.1) is 12.9 Å². The summed E-state index contributed by atoms with van der Waals surface area (Å²) >= 11 is 5.80. The molecule has 186 valence electrons. The minimum atomic E-state index is -2.94.